The van der Waals surface area contributed by atoms with Crippen LogP contribution in [-0.4, -0.2) is 60.8 Å². The molecule has 0 heterocycles. The number of anilines is 1. The minimum Gasteiger partial charge on any atom is -0.508 e. The third-order valence-corrected chi connectivity index (χ3v) is 3.72. The first-order valence-electron chi connectivity index (χ1n) is 6.29. The van der Waals surface area contributed by atoms with Crippen LogP contribution in [0, 0.1) is 0 Å². The molecule has 0 aliphatic carbocycles. The summed E-state index contributed by atoms with van der Waals surface area (Å²) in [6, 6.07) is 6.18. The summed E-state index contributed by atoms with van der Waals surface area (Å²) in [5, 5.41) is 9.28. The number of rotatable bonds is 9. The van der Waals surface area contributed by atoms with Crippen LogP contribution in [-0.2, 0) is 28.6 Å². The summed E-state index contributed by atoms with van der Waals surface area (Å²) in [5.41, 5.74) is 0.673. The van der Waals surface area contributed by atoms with E-state index >= 15 is 0 Å². The van der Waals surface area contributed by atoms with E-state index in [0.29, 0.717) is 5.69 Å². The molecule has 0 spiro atoms. The van der Waals surface area contributed by atoms with E-state index in [1.54, 1.807) is 17.0 Å². The Balaban J connectivity index is 2.69. The molecule has 0 radical (unpaired) electrons. The maximum atomic E-state index is 11.0. The first kappa shape index (κ1) is 18.7. The van der Waals surface area contributed by atoms with Gasteiger partial charge in [0.1, 0.15) is 5.75 Å². The predicted octanol–water partition coefficient (Wildman–Crippen LogP) is 0.151. The standard InChI is InChI=1S/C12H19NO7S2/c1-21(15,16)19-9-7-13(8-10-20-22(2,17)18)11-3-5-12(14)6-4-11/h3-6,14H,7-10H2,1-2H3. The highest BCUT2D eigenvalue weighted by Gasteiger charge is 2.11. The molecular formula is C12H19NO7S2. The van der Waals surface area contributed by atoms with Gasteiger partial charge in [-0.1, -0.05) is 0 Å². The van der Waals surface area contributed by atoms with Crippen LogP contribution in [0.25, 0.3) is 0 Å². The highest BCUT2D eigenvalue weighted by atomic mass is 32.2. The van der Waals surface area contributed by atoms with Crippen LogP contribution < -0.4 is 4.90 Å². The Bertz CT molecular complexity index is 630. The van der Waals surface area contributed by atoms with Crippen LogP contribution in [0.2, 0.25) is 0 Å². The fourth-order valence-corrected chi connectivity index (χ4v) is 2.39. The van der Waals surface area contributed by atoms with Crippen molar-refractivity contribution in [2.75, 3.05) is 43.7 Å². The van der Waals surface area contributed by atoms with Gasteiger partial charge in [-0.25, -0.2) is 0 Å². The molecule has 1 rings (SSSR count). The van der Waals surface area contributed by atoms with Crippen LogP contribution in [0.15, 0.2) is 24.3 Å². The number of nitrogens with zero attached hydrogens (tertiary/aromatic N) is 1. The van der Waals surface area contributed by atoms with E-state index in [-0.39, 0.29) is 32.1 Å². The Kier molecular flexibility index (Phi) is 6.60. The molecule has 8 nitrogen and oxygen atoms in total. The molecule has 1 aromatic carbocycles. The van der Waals surface area contributed by atoms with Gasteiger partial charge in [-0.2, -0.15) is 16.8 Å². The van der Waals surface area contributed by atoms with Crippen molar-refractivity contribution >= 4 is 25.9 Å². The summed E-state index contributed by atoms with van der Waals surface area (Å²) in [5.74, 6) is 0.0865. The number of hydrogen-bond acceptors (Lipinski definition) is 8. The van der Waals surface area contributed by atoms with Gasteiger partial charge < -0.3 is 10.0 Å². The van der Waals surface area contributed by atoms with Crippen molar-refractivity contribution in [2.45, 2.75) is 0 Å². The molecule has 1 N–H and O–H groups in total. The summed E-state index contributed by atoms with van der Waals surface area (Å²) < 4.78 is 53.2. The second kappa shape index (κ2) is 7.77. The lowest BCUT2D eigenvalue weighted by Gasteiger charge is -2.24. The largest absolute Gasteiger partial charge is 0.508 e. The number of aromatic hydroxyl groups is 1. The molecular weight excluding hydrogens is 334 g/mol. The van der Waals surface area contributed by atoms with E-state index < -0.39 is 20.2 Å². The second-order valence-corrected chi connectivity index (χ2v) is 7.84. The van der Waals surface area contributed by atoms with Gasteiger partial charge in [-0.3, -0.25) is 8.37 Å². The average molecular weight is 353 g/mol. The van der Waals surface area contributed by atoms with Crippen molar-refractivity contribution in [2.24, 2.45) is 0 Å². The zero-order valence-electron chi connectivity index (χ0n) is 12.3. The van der Waals surface area contributed by atoms with Gasteiger partial charge in [0.2, 0.25) is 0 Å². The molecule has 10 heteroatoms. The van der Waals surface area contributed by atoms with Crippen molar-refractivity contribution in [3.05, 3.63) is 24.3 Å². The third-order valence-electron chi connectivity index (χ3n) is 2.53. The van der Waals surface area contributed by atoms with Gasteiger partial charge in [0.15, 0.2) is 0 Å². The zero-order chi connectivity index (χ0) is 16.8. The van der Waals surface area contributed by atoms with Crippen LogP contribution in [0.5, 0.6) is 5.75 Å². The molecule has 0 amide bonds. The molecule has 0 saturated carbocycles. The fraction of sp³-hybridized carbons (Fsp3) is 0.500. The maximum absolute atomic E-state index is 11.0. The highest BCUT2D eigenvalue weighted by molar-refractivity contribution is 7.86. The average Bonchev–Trinajstić information content (AvgIpc) is 2.35. The summed E-state index contributed by atoms with van der Waals surface area (Å²) in [4.78, 5) is 1.69. The second-order valence-electron chi connectivity index (χ2n) is 4.56. The normalized spacial score (nSPS) is 12.3. The Labute approximate surface area is 130 Å². The molecule has 0 fully saturated rings. The molecule has 0 atom stereocenters. The van der Waals surface area contributed by atoms with E-state index in [9.17, 15) is 21.9 Å². The van der Waals surface area contributed by atoms with Gasteiger partial charge in [0.25, 0.3) is 20.2 Å². The van der Waals surface area contributed by atoms with Crippen LogP contribution in [0.4, 0.5) is 5.69 Å². The minimum absolute atomic E-state index is 0.0847. The SMILES string of the molecule is CS(=O)(=O)OCCN(CCOS(C)(=O)=O)c1ccc(O)cc1. The lowest BCUT2D eigenvalue weighted by Crippen LogP contribution is -2.32. The molecule has 22 heavy (non-hydrogen) atoms. The quantitative estimate of drug-likeness (QED) is 0.625. The number of phenols is 1. The van der Waals surface area contributed by atoms with E-state index in [4.69, 9.17) is 0 Å². The fourth-order valence-electron chi connectivity index (χ4n) is 1.63. The van der Waals surface area contributed by atoms with Crippen molar-refractivity contribution in [3.63, 3.8) is 0 Å². The number of phenolic OH excluding ortho intramolecular Hbond substituents is 1. The monoisotopic (exact) mass is 353 g/mol. The van der Waals surface area contributed by atoms with Gasteiger partial charge in [0, 0.05) is 18.8 Å². The molecule has 0 bridgehead atoms. The van der Waals surface area contributed by atoms with E-state index in [1.165, 1.54) is 12.1 Å². The Morgan fingerprint density at radius 1 is 0.909 bits per heavy atom. The first-order chi connectivity index (χ1) is 10.1. The minimum atomic E-state index is -3.55. The molecule has 126 valence electrons. The Morgan fingerprint density at radius 3 is 1.68 bits per heavy atom. The van der Waals surface area contributed by atoms with E-state index in [0.717, 1.165) is 12.5 Å². The van der Waals surface area contributed by atoms with Gasteiger partial charge in [0.05, 0.1) is 25.7 Å². The van der Waals surface area contributed by atoms with E-state index in [2.05, 4.69) is 8.37 Å². The first-order valence-corrected chi connectivity index (χ1v) is 9.93. The van der Waals surface area contributed by atoms with Crippen molar-refractivity contribution in [1.82, 2.24) is 0 Å². The third kappa shape index (κ3) is 8.17. The van der Waals surface area contributed by atoms with Crippen LogP contribution in [0.1, 0.15) is 0 Å². The van der Waals surface area contributed by atoms with Crippen LogP contribution in [0.3, 0.4) is 0 Å². The molecule has 0 aliphatic heterocycles. The zero-order valence-corrected chi connectivity index (χ0v) is 13.9. The summed E-state index contributed by atoms with van der Waals surface area (Å²) in [6.07, 6.45) is 1.90. The summed E-state index contributed by atoms with van der Waals surface area (Å²) >= 11 is 0. The maximum Gasteiger partial charge on any atom is 0.264 e. The lowest BCUT2D eigenvalue weighted by atomic mass is 10.2. The Morgan fingerprint density at radius 2 is 1.32 bits per heavy atom. The predicted molar refractivity (Wildman–Crippen MR) is 81.9 cm³/mol. The molecule has 0 aromatic heterocycles. The van der Waals surface area contributed by atoms with Gasteiger partial charge in [-0.05, 0) is 24.3 Å². The highest BCUT2D eigenvalue weighted by Crippen LogP contribution is 2.18. The molecule has 1 aromatic rings. The summed E-state index contributed by atoms with van der Waals surface area (Å²) in [6.45, 7) is 0.257. The summed E-state index contributed by atoms with van der Waals surface area (Å²) in [7, 11) is -7.09. The number of hydrogen-bond donors (Lipinski definition) is 1. The van der Waals surface area contributed by atoms with Crippen molar-refractivity contribution in [1.29, 1.82) is 0 Å². The topological polar surface area (TPSA) is 110 Å². The van der Waals surface area contributed by atoms with Crippen molar-refractivity contribution in [3.8, 4) is 5.75 Å². The van der Waals surface area contributed by atoms with Crippen LogP contribution >= 0.6 is 0 Å². The number of benzene rings is 1. The molecule has 0 aliphatic rings. The Hall–Kier alpha value is -1.36. The van der Waals surface area contributed by atoms with Gasteiger partial charge in [-0.15, -0.1) is 0 Å². The van der Waals surface area contributed by atoms with E-state index in [1.807, 2.05) is 0 Å². The molecule has 0 unspecified atom stereocenters. The lowest BCUT2D eigenvalue weighted by molar-refractivity contribution is 0.309. The smallest absolute Gasteiger partial charge is 0.264 e. The van der Waals surface area contributed by atoms with Gasteiger partial charge >= 0.3 is 0 Å². The molecule has 0 saturated heterocycles. The van der Waals surface area contributed by atoms with Crippen molar-refractivity contribution < 1.29 is 30.3 Å².